The molecule has 0 amide bonds. The van der Waals surface area contributed by atoms with Gasteiger partial charge in [0.25, 0.3) is 0 Å². The van der Waals surface area contributed by atoms with Crippen molar-refractivity contribution >= 4 is 39.8 Å². The van der Waals surface area contributed by atoms with Crippen molar-refractivity contribution in [3.63, 3.8) is 0 Å². The Morgan fingerprint density at radius 1 is 1.31 bits per heavy atom. The summed E-state index contributed by atoms with van der Waals surface area (Å²) in [6, 6.07) is 5.59. The van der Waals surface area contributed by atoms with E-state index in [0.717, 1.165) is 16.3 Å². The van der Waals surface area contributed by atoms with Gasteiger partial charge in [-0.25, -0.2) is 0 Å². The van der Waals surface area contributed by atoms with E-state index in [1.165, 1.54) is 0 Å². The minimum Gasteiger partial charge on any atom is -0.298 e. The van der Waals surface area contributed by atoms with Gasteiger partial charge in [0, 0.05) is 29.6 Å². The van der Waals surface area contributed by atoms with Crippen LogP contribution in [0.3, 0.4) is 0 Å². The highest BCUT2D eigenvalue weighted by Crippen LogP contribution is 2.27. The van der Waals surface area contributed by atoms with Crippen molar-refractivity contribution in [1.82, 2.24) is 4.98 Å². The van der Waals surface area contributed by atoms with E-state index in [1.807, 2.05) is 18.2 Å². The Morgan fingerprint density at radius 3 is 2.88 bits per heavy atom. The highest BCUT2D eigenvalue weighted by atomic mass is 35.5. The van der Waals surface area contributed by atoms with Gasteiger partial charge in [0.15, 0.2) is 5.78 Å². The van der Waals surface area contributed by atoms with Crippen LogP contribution >= 0.6 is 23.2 Å². The van der Waals surface area contributed by atoms with Crippen LogP contribution in [0.1, 0.15) is 5.56 Å². The third kappa shape index (κ3) is 2.18. The Hall–Kier alpha value is -1.12. The van der Waals surface area contributed by atoms with E-state index >= 15 is 0 Å². The third-order valence-electron chi connectivity index (χ3n) is 2.37. The molecule has 1 aromatic carbocycles. The van der Waals surface area contributed by atoms with Crippen molar-refractivity contribution in [3.05, 3.63) is 41.2 Å². The van der Waals surface area contributed by atoms with Crippen LogP contribution in [0.5, 0.6) is 0 Å². The maximum atomic E-state index is 11.3. The molecule has 2 nitrogen and oxygen atoms in total. The summed E-state index contributed by atoms with van der Waals surface area (Å²) in [5.41, 5.74) is 0.811. The molecule has 2 aromatic rings. The summed E-state index contributed by atoms with van der Waals surface area (Å²) in [5, 5.41) is 2.49. The lowest BCUT2D eigenvalue weighted by molar-refractivity contribution is -0.116. The summed E-state index contributed by atoms with van der Waals surface area (Å²) in [4.78, 5) is 15.3. The van der Waals surface area contributed by atoms with Gasteiger partial charge in [-0.05, 0) is 11.6 Å². The van der Waals surface area contributed by atoms with Crippen LogP contribution in [0.4, 0.5) is 0 Å². The number of hydrogen-bond donors (Lipinski definition) is 0. The summed E-state index contributed by atoms with van der Waals surface area (Å²) in [7, 11) is 0. The van der Waals surface area contributed by atoms with Crippen molar-refractivity contribution in [2.45, 2.75) is 6.42 Å². The predicted molar refractivity (Wildman–Crippen MR) is 66.2 cm³/mol. The molecule has 16 heavy (non-hydrogen) atoms. The monoisotopic (exact) mass is 253 g/mol. The molecule has 0 radical (unpaired) electrons. The second kappa shape index (κ2) is 4.81. The van der Waals surface area contributed by atoms with Gasteiger partial charge in [-0.15, -0.1) is 11.6 Å². The van der Waals surface area contributed by atoms with Crippen LogP contribution in [0.25, 0.3) is 10.8 Å². The third-order valence-corrected chi connectivity index (χ3v) is 3.12. The van der Waals surface area contributed by atoms with E-state index in [4.69, 9.17) is 23.2 Å². The Morgan fingerprint density at radius 2 is 2.12 bits per heavy atom. The number of carbonyl (C=O) groups is 1. The number of hydrogen-bond acceptors (Lipinski definition) is 2. The number of fused-ring (bicyclic) bond motifs is 1. The fraction of sp³-hybridized carbons (Fsp3) is 0.167. The quantitative estimate of drug-likeness (QED) is 0.787. The lowest BCUT2D eigenvalue weighted by atomic mass is 10.1. The van der Waals surface area contributed by atoms with Crippen molar-refractivity contribution in [3.8, 4) is 0 Å². The molecule has 0 unspecified atom stereocenters. The lowest BCUT2D eigenvalue weighted by Crippen LogP contribution is -2.04. The zero-order valence-corrected chi connectivity index (χ0v) is 9.92. The molecule has 0 saturated heterocycles. The molecule has 0 aliphatic carbocycles. The summed E-state index contributed by atoms with van der Waals surface area (Å²) >= 11 is 11.7. The maximum Gasteiger partial charge on any atom is 0.152 e. The molecule has 0 spiro atoms. The SMILES string of the molecule is O=C(CCl)Cc1ccc2cnccc2c1Cl. The second-order valence-electron chi connectivity index (χ2n) is 3.48. The fourth-order valence-corrected chi connectivity index (χ4v) is 1.97. The Labute approximate surface area is 103 Å². The molecule has 0 fully saturated rings. The van der Waals surface area contributed by atoms with Gasteiger partial charge in [0.1, 0.15) is 0 Å². The Kier molecular flexibility index (Phi) is 3.42. The van der Waals surface area contributed by atoms with Crippen LogP contribution in [-0.2, 0) is 11.2 Å². The number of rotatable bonds is 3. The van der Waals surface area contributed by atoms with Gasteiger partial charge < -0.3 is 0 Å². The van der Waals surface area contributed by atoms with Crippen molar-refractivity contribution in [1.29, 1.82) is 0 Å². The first-order valence-electron chi connectivity index (χ1n) is 4.81. The van der Waals surface area contributed by atoms with E-state index in [9.17, 15) is 4.79 Å². The van der Waals surface area contributed by atoms with Crippen LogP contribution in [0, 0.1) is 0 Å². The minimum atomic E-state index is -0.0306. The van der Waals surface area contributed by atoms with Crippen LogP contribution in [0.15, 0.2) is 30.6 Å². The predicted octanol–water partition coefficient (Wildman–Crippen LogP) is 3.24. The number of nitrogens with zero attached hydrogens (tertiary/aromatic N) is 1. The lowest BCUT2D eigenvalue weighted by Gasteiger charge is -2.05. The largest absolute Gasteiger partial charge is 0.298 e. The topological polar surface area (TPSA) is 30.0 Å². The highest BCUT2D eigenvalue weighted by Gasteiger charge is 2.08. The number of ketones is 1. The molecule has 1 heterocycles. The van der Waals surface area contributed by atoms with E-state index in [2.05, 4.69) is 4.98 Å². The first kappa shape index (κ1) is 11.4. The summed E-state index contributed by atoms with van der Waals surface area (Å²) in [5.74, 6) is -0.0120. The average molecular weight is 254 g/mol. The smallest absolute Gasteiger partial charge is 0.152 e. The highest BCUT2D eigenvalue weighted by molar-refractivity contribution is 6.36. The minimum absolute atomic E-state index is 0.0186. The van der Waals surface area contributed by atoms with E-state index in [0.29, 0.717) is 5.02 Å². The number of pyridine rings is 1. The zero-order chi connectivity index (χ0) is 11.5. The van der Waals surface area contributed by atoms with Crippen LogP contribution in [-0.4, -0.2) is 16.6 Å². The number of Topliss-reactive ketones (excluding diaryl/α,β-unsaturated/α-hetero) is 1. The molecule has 2 rings (SSSR count). The van der Waals surface area contributed by atoms with Crippen molar-refractivity contribution in [2.75, 3.05) is 5.88 Å². The number of carbonyl (C=O) groups excluding carboxylic acids is 1. The Balaban J connectivity index is 2.48. The standard InChI is InChI=1S/C12H9Cl2NO/c13-6-10(16)5-8-1-2-9-7-15-4-3-11(9)12(8)14/h1-4,7H,5-6H2. The number of aromatic nitrogens is 1. The molecule has 0 aliphatic rings. The zero-order valence-electron chi connectivity index (χ0n) is 8.41. The normalized spacial score (nSPS) is 10.6. The van der Waals surface area contributed by atoms with Crippen molar-refractivity contribution < 1.29 is 4.79 Å². The maximum absolute atomic E-state index is 11.3. The molecular formula is C12H9Cl2NO. The van der Waals surface area contributed by atoms with Gasteiger partial charge in [-0.3, -0.25) is 9.78 Å². The molecule has 0 bridgehead atoms. The van der Waals surface area contributed by atoms with Crippen molar-refractivity contribution in [2.24, 2.45) is 0 Å². The van der Waals surface area contributed by atoms with Crippen LogP contribution < -0.4 is 0 Å². The fourth-order valence-electron chi connectivity index (χ4n) is 1.57. The first-order chi connectivity index (χ1) is 7.72. The molecule has 4 heteroatoms. The van der Waals surface area contributed by atoms with Gasteiger partial charge >= 0.3 is 0 Å². The van der Waals surface area contributed by atoms with Gasteiger partial charge in [-0.1, -0.05) is 23.7 Å². The second-order valence-corrected chi connectivity index (χ2v) is 4.13. The van der Waals surface area contributed by atoms with E-state index < -0.39 is 0 Å². The van der Waals surface area contributed by atoms with Crippen LogP contribution in [0.2, 0.25) is 5.02 Å². The van der Waals surface area contributed by atoms with E-state index in [-0.39, 0.29) is 18.1 Å². The van der Waals surface area contributed by atoms with Gasteiger partial charge in [0.2, 0.25) is 0 Å². The van der Waals surface area contributed by atoms with E-state index in [1.54, 1.807) is 12.4 Å². The summed E-state index contributed by atoms with van der Waals surface area (Å²) in [6.45, 7) is 0. The summed E-state index contributed by atoms with van der Waals surface area (Å²) < 4.78 is 0. The summed E-state index contributed by atoms with van der Waals surface area (Å²) in [6.07, 6.45) is 3.70. The Bertz CT molecular complexity index is 540. The number of alkyl halides is 1. The molecule has 82 valence electrons. The molecule has 1 aromatic heterocycles. The number of halogens is 2. The number of benzene rings is 1. The molecule has 0 saturated carbocycles. The molecule has 0 aliphatic heterocycles. The van der Waals surface area contributed by atoms with Gasteiger partial charge in [-0.2, -0.15) is 0 Å². The average Bonchev–Trinajstić information content (AvgIpc) is 2.33. The first-order valence-corrected chi connectivity index (χ1v) is 5.72. The molecule has 0 N–H and O–H groups in total. The molecule has 0 atom stereocenters. The molecular weight excluding hydrogens is 245 g/mol. The van der Waals surface area contributed by atoms with Gasteiger partial charge in [0.05, 0.1) is 10.9 Å².